The molecule has 10 nitrogen and oxygen atoms in total. The molecule has 14 heteroatoms. The Morgan fingerprint density at radius 1 is 1.19 bits per heavy atom. The third-order valence-corrected chi connectivity index (χ3v) is 6.81. The van der Waals surface area contributed by atoms with Gasteiger partial charge in [0.05, 0.1) is 11.6 Å². The summed E-state index contributed by atoms with van der Waals surface area (Å²) in [5.74, 6) is -2.60. The maximum atomic E-state index is 15.1. The molecule has 1 atom stereocenters. The zero-order chi connectivity index (χ0) is 26.5. The lowest BCUT2D eigenvalue weighted by molar-refractivity contribution is -0.146. The third-order valence-electron chi connectivity index (χ3n) is 6.81. The number of imide groups is 1. The van der Waals surface area contributed by atoms with E-state index in [0.717, 1.165) is 16.9 Å². The van der Waals surface area contributed by atoms with E-state index in [9.17, 15) is 32.3 Å². The molecule has 0 bridgehead atoms. The highest BCUT2D eigenvalue weighted by Gasteiger charge is 2.42. The first kappa shape index (κ1) is 24.7. The standard InChI is InChI=1S/C23H21F4N5O5/c24-19-12(2-1-11-9-31(21(35)18(11)19)15-3-4-17(33)30-20(15)34)10-37-22(36)29-13-7-14(8-13)32-16(5-6-28-32)23(25,26)27/h1-2,5-6,13-15H,3-4,7-10H2,(H,29,36)(H,30,33,34). The van der Waals surface area contributed by atoms with E-state index in [1.807, 2.05) is 0 Å². The number of halogens is 4. The number of nitrogens with zero attached hydrogens (tertiary/aromatic N) is 3. The molecule has 3 heterocycles. The topological polar surface area (TPSA) is 123 Å². The summed E-state index contributed by atoms with van der Waals surface area (Å²) in [5, 5.41) is 8.42. The van der Waals surface area contributed by atoms with Gasteiger partial charge >= 0.3 is 12.3 Å². The van der Waals surface area contributed by atoms with Gasteiger partial charge in [-0.25, -0.2) is 9.18 Å². The van der Waals surface area contributed by atoms with Gasteiger partial charge in [-0.2, -0.15) is 18.3 Å². The Bertz CT molecular complexity index is 1290. The molecule has 5 rings (SSSR count). The maximum Gasteiger partial charge on any atom is 0.433 e. The number of carbonyl (C=O) groups is 4. The average molecular weight is 523 g/mol. The molecule has 4 amide bonds. The summed E-state index contributed by atoms with van der Waals surface area (Å²) in [7, 11) is 0. The number of amides is 4. The van der Waals surface area contributed by atoms with Crippen LogP contribution in [0.3, 0.4) is 0 Å². The molecule has 0 spiro atoms. The molecule has 196 valence electrons. The second-order valence-corrected chi connectivity index (χ2v) is 9.17. The zero-order valence-electron chi connectivity index (χ0n) is 19.2. The van der Waals surface area contributed by atoms with E-state index in [0.29, 0.717) is 5.56 Å². The summed E-state index contributed by atoms with van der Waals surface area (Å²) >= 11 is 0. The Labute approximate surface area is 206 Å². The Kier molecular flexibility index (Phi) is 6.12. The van der Waals surface area contributed by atoms with Gasteiger partial charge in [0, 0.05) is 30.8 Å². The predicted molar refractivity (Wildman–Crippen MR) is 115 cm³/mol. The number of hydrogen-bond donors (Lipinski definition) is 2. The molecule has 37 heavy (non-hydrogen) atoms. The minimum Gasteiger partial charge on any atom is -0.445 e. The van der Waals surface area contributed by atoms with Crippen LogP contribution in [0.4, 0.5) is 22.4 Å². The molecule has 0 radical (unpaired) electrons. The molecule has 2 N–H and O–H groups in total. The molecule has 3 aliphatic rings. The van der Waals surface area contributed by atoms with Crippen LogP contribution >= 0.6 is 0 Å². The van der Waals surface area contributed by atoms with Crippen molar-refractivity contribution in [1.82, 2.24) is 25.3 Å². The van der Waals surface area contributed by atoms with Crippen LogP contribution in [0.1, 0.15) is 58.9 Å². The van der Waals surface area contributed by atoms with E-state index in [1.54, 1.807) is 0 Å². The summed E-state index contributed by atoms with van der Waals surface area (Å²) in [6, 6.07) is 1.92. The smallest absolute Gasteiger partial charge is 0.433 e. The van der Waals surface area contributed by atoms with Crippen molar-refractivity contribution in [1.29, 1.82) is 0 Å². The number of fused-ring (bicyclic) bond motifs is 1. The second kappa shape index (κ2) is 9.16. The average Bonchev–Trinajstić information content (AvgIpc) is 3.41. The van der Waals surface area contributed by atoms with Crippen molar-refractivity contribution in [3.8, 4) is 0 Å². The Balaban J connectivity index is 1.15. The van der Waals surface area contributed by atoms with Crippen LogP contribution in [0.2, 0.25) is 0 Å². The van der Waals surface area contributed by atoms with Crippen LogP contribution in [-0.2, 0) is 33.7 Å². The quantitative estimate of drug-likeness (QED) is 0.459. The van der Waals surface area contributed by atoms with Gasteiger partial charge in [-0.3, -0.25) is 24.4 Å². The van der Waals surface area contributed by atoms with E-state index in [-0.39, 0.29) is 43.4 Å². The van der Waals surface area contributed by atoms with Gasteiger partial charge in [0.15, 0.2) is 0 Å². The van der Waals surface area contributed by atoms with Crippen LogP contribution in [0.15, 0.2) is 24.4 Å². The first-order chi connectivity index (χ1) is 17.5. The summed E-state index contributed by atoms with van der Waals surface area (Å²) in [4.78, 5) is 49.8. The number of hydrogen-bond acceptors (Lipinski definition) is 6. The molecule has 2 fully saturated rings. The second-order valence-electron chi connectivity index (χ2n) is 9.17. The molecule has 1 unspecified atom stereocenters. The molecule has 1 saturated carbocycles. The van der Waals surface area contributed by atoms with Crippen molar-refractivity contribution in [3.05, 3.63) is 52.6 Å². The molecule has 2 aromatic rings. The number of rotatable bonds is 5. The number of ether oxygens (including phenoxy) is 1. The van der Waals surface area contributed by atoms with E-state index >= 15 is 4.39 Å². The van der Waals surface area contributed by atoms with Gasteiger partial charge in [-0.1, -0.05) is 12.1 Å². The SMILES string of the molecule is O=C1CCC(N2Cc3ccc(COC(=O)NC4CC(n5nccc5C(F)(F)F)C4)c(F)c3C2=O)C(=O)N1. The molecular weight excluding hydrogens is 502 g/mol. The van der Waals surface area contributed by atoms with E-state index in [4.69, 9.17) is 4.74 Å². The fraction of sp³-hybridized carbons (Fsp3) is 0.435. The molecule has 1 saturated heterocycles. The van der Waals surface area contributed by atoms with Crippen molar-refractivity contribution in [2.24, 2.45) is 0 Å². The summed E-state index contributed by atoms with van der Waals surface area (Å²) in [6.07, 6.45) is -3.69. The van der Waals surface area contributed by atoms with Gasteiger partial charge in [-0.15, -0.1) is 0 Å². The van der Waals surface area contributed by atoms with Crippen molar-refractivity contribution in [3.63, 3.8) is 0 Å². The highest BCUT2D eigenvalue weighted by atomic mass is 19.4. The van der Waals surface area contributed by atoms with Gasteiger partial charge in [-0.05, 0) is 30.9 Å². The number of carbonyl (C=O) groups excluding carboxylic acids is 4. The number of alkyl halides is 3. The van der Waals surface area contributed by atoms with Crippen LogP contribution in [-0.4, -0.2) is 50.6 Å². The van der Waals surface area contributed by atoms with Crippen molar-refractivity contribution in [2.75, 3.05) is 0 Å². The lowest BCUT2D eigenvalue weighted by atomic mass is 9.87. The van der Waals surface area contributed by atoms with Crippen molar-refractivity contribution in [2.45, 2.75) is 63.1 Å². The first-order valence-electron chi connectivity index (χ1n) is 11.5. The van der Waals surface area contributed by atoms with Gasteiger partial charge in [0.2, 0.25) is 11.8 Å². The fourth-order valence-corrected chi connectivity index (χ4v) is 4.85. The lowest BCUT2D eigenvalue weighted by Gasteiger charge is -2.36. The van der Waals surface area contributed by atoms with E-state index in [2.05, 4.69) is 15.7 Å². The highest BCUT2D eigenvalue weighted by Crippen LogP contribution is 2.37. The Morgan fingerprint density at radius 3 is 2.65 bits per heavy atom. The van der Waals surface area contributed by atoms with Crippen molar-refractivity contribution < 1.29 is 41.5 Å². The third kappa shape index (κ3) is 4.62. The Morgan fingerprint density at radius 2 is 1.95 bits per heavy atom. The van der Waals surface area contributed by atoms with E-state index < -0.39 is 66.2 Å². The summed E-state index contributed by atoms with van der Waals surface area (Å²) < 4.78 is 60.2. The van der Waals surface area contributed by atoms with Crippen molar-refractivity contribution >= 4 is 23.8 Å². The summed E-state index contributed by atoms with van der Waals surface area (Å²) in [5.41, 5.74) is -0.757. The Hall–Kier alpha value is -3.97. The first-order valence-corrected chi connectivity index (χ1v) is 11.5. The minimum atomic E-state index is -4.53. The van der Waals surface area contributed by atoms with Gasteiger partial charge in [0.1, 0.15) is 24.2 Å². The largest absolute Gasteiger partial charge is 0.445 e. The van der Waals surface area contributed by atoms with Crippen LogP contribution in [0.5, 0.6) is 0 Å². The predicted octanol–water partition coefficient (Wildman–Crippen LogP) is 2.43. The van der Waals surface area contributed by atoms with Gasteiger partial charge in [0.25, 0.3) is 5.91 Å². The zero-order valence-corrected chi connectivity index (χ0v) is 19.2. The number of piperidine rings is 1. The molecular formula is C23H21F4N5O5. The molecule has 1 aromatic carbocycles. The fourth-order valence-electron chi connectivity index (χ4n) is 4.85. The van der Waals surface area contributed by atoms with Gasteiger partial charge < -0.3 is 15.0 Å². The number of benzene rings is 1. The monoisotopic (exact) mass is 523 g/mol. The van der Waals surface area contributed by atoms with E-state index in [1.165, 1.54) is 17.0 Å². The number of aromatic nitrogens is 2. The van der Waals surface area contributed by atoms with Crippen LogP contribution in [0.25, 0.3) is 0 Å². The van der Waals surface area contributed by atoms with Crippen LogP contribution < -0.4 is 10.6 Å². The highest BCUT2D eigenvalue weighted by molar-refractivity contribution is 6.05. The maximum absolute atomic E-state index is 15.1. The molecule has 1 aromatic heterocycles. The minimum absolute atomic E-state index is 0.00807. The molecule has 2 aliphatic heterocycles. The lowest BCUT2D eigenvalue weighted by Crippen LogP contribution is -2.52. The molecule has 1 aliphatic carbocycles. The normalized spacial score (nSPS) is 23.4. The number of alkyl carbamates (subject to hydrolysis) is 1. The van der Waals surface area contributed by atoms with Crippen LogP contribution in [0, 0.1) is 5.82 Å². The number of nitrogens with one attached hydrogen (secondary N) is 2. The summed E-state index contributed by atoms with van der Waals surface area (Å²) in [6.45, 7) is -0.474.